The molecule has 0 fully saturated rings. The van der Waals surface area contributed by atoms with Crippen molar-refractivity contribution in [3.8, 4) is 0 Å². The Morgan fingerprint density at radius 3 is 2.36 bits per heavy atom. The lowest BCUT2D eigenvalue weighted by Crippen LogP contribution is -2.26. The highest BCUT2D eigenvalue weighted by Gasteiger charge is 2.24. The highest BCUT2D eigenvalue weighted by atomic mass is 16.4. The zero-order chi connectivity index (χ0) is 10.6. The molecule has 0 unspecified atom stereocenters. The Labute approximate surface area is 82.3 Å². The maximum Gasteiger partial charge on any atom is 0.333 e. The summed E-state index contributed by atoms with van der Waals surface area (Å²) in [4.78, 5) is 10.6. The molecular formula is C11H12O3. The van der Waals surface area contributed by atoms with Gasteiger partial charge in [0.05, 0.1) is 0 Å². The first-order valence-corrected chi connectivity index (χ1v) is 4.25. The summed E-state index contributed by atoms with van der Waals surface area (Å²) in [5.74, 6) is -1.80. The molecule has 0 heterocycles. The van der Waals surface area contributed by atoms with E-state index >= 15 is 0 Å². The third-order valence-corrected chi connectivity index (χ3v) is 2.03. The van der Waals surface area contributed by atoms with E-state index in [0.29, 0.717) is 0 Å². The minimum absolute atomic E-state index is 0.561. The second-order valence-corrected chi connectivity index (χ2v) is 2.96. The lowest BCUT2D eigenvalue weighted by molar-refractivity contribution is -0.147. The van der Waals surface area contributed by atoms with Gasteiger partial charge in [-0.2, -0.15) is 0 Å². The number of hydrogen-bond acceptors (Lipinski definition) is 2. The van der Waals surface area contributed by atoms with Crippen LogP contribution in [0.25, 0.3) is 0 Å². The molecule has 1 rings (SSSR count). The van der Waals surface area contributed by atoms with Crippen molar-refractivity contribution in [3.63, 3.8) is 0 Å². The summed E-state index contributed by atoms with van der Waals surface area (Å²) < 4.78 is 0. The molecule has 0 amide bonds. The second kappa shape index (κ2) is 4.58. The molecule has 0 bridgehead atoms. The van der Waals surface area contributed by atoms with Gasteiger partial charge in [0.1, 0.15) is 0 Å². The standard InChI is InChI=1S/C11H12O3/c1-2-9(10(12)11(13)14)8-6-4-3-5-7-8/h2-7,9-10,12H,1H2,(H,13,14)/t9-,10-/m1/s1. The molecular weight excluding hydrogens is 180 g/mol. The Hall–Kier alpha value is -1.61. The Bertz CT molecular complexity index is 319. The molecule has 1 aromatic carbocycles. The van der Waals surface area contributed by atoms with Crippen LogP contribution in [0, 0.1) is 0 Å². The number of benzene rings is 1. The highest BCUT2D eigenvalue weighted by Crippen LogP contribution is 2.20. The fourth-order valence-electron chi connectivity index (χ4n) is 1.28. The van der Waals surface area contributed by atoms with Gasteiger partial charge in [-0.05, 0) is 5.56 Å². The summed E-state index contributed by atoms with van der Waals surface area (Å²) in [6.45, 7) is 3.52. The third kappa shape index (κ3) is 2.20. The van der Waals surface area contributed by atoms with Crippen molar-refractivity contribution < 1.29 is 15.0 Å². The molecule has 0 aliphatic heterocycles. The molecule has 2 N–H and O–H groups in total. The normalized spacial score (nSPS) is 14.4. The fourth-order valence-corrected chi connectivity index (χ4v) is 1.28. The Morgan fingerprint density at radius 1 is 1.36 bits per heavy atom. The van der Waals surface area contributed by atoms with Crippen LogP contribution in [0.15, 0.2) is 43.0 Å². The predicted molar refractivity (Wildman–Crippen MR) is 53.0 cm³/mol. The van der Waals surface area contributed by atoms with Crippen LogP contribution in [0.5, 0.6) is 0 Å². The van der Waals surface area contributed by atoms with Gasteiger partial charge in [-0.3, -0.25) is 0 Å². The number of rotatable bonds is 4. The van der Waals surface area contributed by atoms with Crippen LogP contribution in [0.1, 0.15) is 11.5 Å². The Morgan fingerprint density at radius 2 is 1.93 bits per heavy atom. The van der Waals surface area contributed by atoms with Gasteiger partial charge in [0, 0.05) is 5.92 Å². The smallest absolute Gasteiger partial charge is 0.333 e. The van der Waals surface area contributed by atoms with Crippen molar-refractivity contribution in [2.45, 2.75) is 12.0 Å². The summed E-state index contributed by atoms with van der Waals surface area (Å²) in [7, 11) is 0. The first-order valence-electron chi connectivity index (χ1n) is 4.25. The SMILES string of the molecule is C=C[C@H](c1ccccc1)[C@@H](O)C(=O)O. The van der Waals surface area contributed by atoms with E-state index in [9.17, 15) is 9.90 Å². The first-order chi connectivity index (χ1) is 6.66. The molecule has 0 aromatic heterocycles. The van der Waals surface area contributed by atoms with Crippen molar-refractivity contribution >= 4 is 5.97 Å². The molecule has 0 aliphatic rings. The van der Waals surface area contributed by atoms with E-state index in [0.717, 1.165) is 5.56 Å². The van der Waals surface area contributed by atoms with Crippen molar-refractivity contribution in [2.75, 3.05) is 0 Å². The average molecular weight is 192 g/mol. The second-order valence-electron chi connectivity index (χ2n) is 2.96. The minimum atomic E-state index is -1.44. The van der Waals surface area contributed by atoms with Crippen LogP contribution in [-0.4, -0.2) is 22.3 Å². The van der Waals surface area contributed by atoms with Crippen LogP contribution >= 0.6 is 0 Å². The van der Waals surface area contributed by atoms with Gasteiger partial charge in [0.25, 0.3) is 0 Å². The number of carboxylic acids is 1. The molecule has 74 valence electrons. The van der Waals surface area contributed by atoms with Gasteiger partial charge in [0.15, 0.2) is 6.10 Å². The lowest BCUT2D eigenvalue weighted by atomic mass is 9.94. The van der Waals surface area contributed by atoms with E-state index in [1.165, 1.54) is 6.08 Å². The maximum absolute atomic E-state index is 10.6. The van der Waals surface area contributed by atoms with E-state index in [2.05, 4.69) is 6.58 Å². The Kier molecular flexibility index (Phi) is 3.42. The zero-order valence-electron chi connectivity index (χ0n) is 7.63. The van der Waals surface area contributed by atoms with Crippen molar-refractivity contribution in [2.24, 2.45) is 0 Å². The summed E-state index contributed by atoms with van der Waals surface area (Å²) in [5, 5.41) is 18.0. The predicted octanol–water partition coefficient (Wildman–Crippen LogP) is 1.40. The van der Waals surface area contributed by atoms with E-state index < -0.39 is 18.0 Å². The van der Waals surface area contributed by atoms with Gasteiger partial charge in [-0.1, -0.05) is 36.4 Å². The van der Waals surface area contributed by atoms with Gasteiger partial charge in [0.2, 0.25) is 0 Å². The highest BCUT2D eigenvalue weighted by molar-refractivity contribution is 5.74. The van der Waals surface area contributed by atoms with Gasteiger partial charge in [-0.15, -0.1) is 6.58 Å². The quantitative estimate of drug-likeness (QED) is 0.709. The molecule has 3 heteroatoms. The maximum atomic E-state index is 10.6. The number of hydrogen-bond donors (Lipinski definition) is 2. The van der Waals surface area contributed by atoms with Crippen LogP contribution < -0.4 is 0 Å². The molecule has 14 heavy (non-hydrogen) atoms. The summed E-state index contributed by atoms with van der Waals surface area (Å²) in [6, 6.07) is 8.94. The van der Waals surface area contributed by atoms with Crippen LogP contribution in [0.4, 0.5) is 0 Å². The monoisotopic (exact) mass is 192 g/mol. The van der Waals surface area contributed by atoms with Crippen LogP contribution in [0.3, 0.4) is 0 Å². The molecule has 0 saturated heterocycles. The van der Waals surface area contributed by atoms with Crippen LogP contribution in [-0.2, 0) is 4.79 Å². The average Bonchev–Trinajstić information content (AvgIpc) is 2.20. The Balaban J connectivity index is 2.93. The number of aliphatic carboxylic acids is 1. The van der Waals surface area contributed by atoms with E-state index in [1.807, 2.05) is 6.07 Å². The molecule has 0 saturated carbocycles. The molecule has 2 atom stereocenters. The van der Waals surface area contributed by atoms with Crippen molar-refractivity contribution in [3.05, 3.63) is 48.6 Å². The van der Waals surface area contributed by atoms with Crippen molar-refractivity contribution in [1.29, 1.82) is 0 Å². The van der Waals surface area contributed by atoms with Gasteiger partial charge >= 0.3 is 5.97 Å². The zero-order valence-corrected chi connectivity index (χ0v) is 7.63. The first kappa shape index (κ1) is 10.5. The van der Waals surface area contributed by atoms with E-state index in [4.69, 9.17) is 5.11 Å². The fraction of sp³-hybridized carbons (Fsp3) is 0.182. The summed E-state index contributed by atoms with van der Waals surface area (Å²) in [5.41, 5.74) is 0.748. The molecule has 0 radical (unpaired) electrons. The number of aliphatic hydroxyl groups excluding tert-OH is 1. The topological polar surface area (TPSA) is 57.5 Å². The molecule has 3 nitrogen and oxygen atoms in total. The van der Waals surface area contributed by atoms with Gasteiger partial charge < -0.3 is 10.2 Å². The number of aliphatic hydroxyl groups is 1. The molecule has 1 aromatic rings. The van der Waals surface area contributed by atoms with Crippen LogP contribution in [0.2, 0.25) is 0 Å². The van der Waals surface area contributed by atoms with E-state index in [-0.39, 0.29) is 0 Å². The number of carboxylic acid groups (broad SMARTS) is 1. The largest absolute Gasteiger partial charge is 0.479 e. The van der Waals surface area contributed by atoms with Gasteiger partial charge in [-0.25, -0.2) is 4.79 Å². The summed E-state index contributed by atoms with van der Waals surface area (Å²) in [6.07, 6.45) is 0.00333. The summed E-state index contributed by atoms with van der Waals surface area (Å²) >= 11 is 0. The molecule has 0 spiro atoms. The molecule has 0 aliphatic carbocycles. The third-order valence-electron chi connectivity index (χ3n) is 2.03. The lowest BCUT2D eigenvalue weighted by Gasteiger charge is -2.15. The number of carbonyl (C=O) groups is 1. The minimum Gasteiger partial charge on any atom is -0.479 e. The van der Waals surface area contributed by atoms with E-state index in [1.54, 1.807) is 24.3 Å². The van der Waals surface area contributed by atoms with Crippen molar-refractivity contribution in [1.82, 2.24) is 0 Å².